The number of hydrogen-bond donors (Lipinski definition) is 1. The molecule has 0 amide bonds. The second-order valence-electron chi connectivity index (χ2n) is 4.30. The molecule has 1 aliphatic heterocycles. The van der Waals surface area contributed by atoms with Gasteiger partial charge in [-0.05, 0) is 13.1 Å². The Morgan fingerprint density at radius 2 is 2.06 bits per heavy atom. The first-order chi connectivity index (χ1) is 8.28. The first kappa shape index (κ1) is 12.3. The van der Waals surface area contributed by atoms with Crippen molar-refractivity contribution in [3.8, 4) is 5.88 Å². The molecule has 0 aromatic carbocycles. The molecule has 1 aromatic rings. The molecule has 1 aliphatic rings. The zero-order valence-corrected chi connectivity index (χ0v) is 10.5. The maximum absolute atomic E-state index is 5.10. The van der Waals surface area contributed by atoms with Crippen molar-refractivity contribution in [2.24, 2.45) is 0 Å². The Morgan fingerprint density at radius 3 is 2.76 bits per heavy atom. The van der Waals surface area contributed by atoms with Crippen molar-refractivity contribution in [3.05, 3.63) is 23.9 Å². The van der Waals surface area contributed by atoms with E-state index in [2.05, 4.69) is 27.4 Å². The second kappa shape index (κ2) is 5.95. The summed E-state index contributed by atoms with van der Waals surface area (Å²) in [6, 6.07) is 5.83. The topological polar surface area (TPSA) is 40.6 Å². The fraction of sp³-hybridized carbons (Fsp3) is 0.583. The molecule has 2 rings (SSSR count). The Bertz CT molecular complexity index is 350. The maximum Gasteiger partial charge on any atom is 0.213 e. The third-order valence-electron chi connectivity index (χ3n) is 2.98. The summed E-state index contributed by atoms with van der Waals surface area (Å²) in [5, 5.41) is 2.25. The minimum atomic E-state index is 0.669. The zero-order chi connectivity index (χ0) is 12.1. The highest BCUT2D eigenvalue weighted by Gasteiger charge is 2.12. The van der Waals surface area contributed by atoms with Gasteiger partial charge in [-0.1, -0.05) is 6.07 Å². The van der Waals surface area contributed by atoms with Crippen LogP contribution in [-0.2, 0) is 6.54 Å². The highest BCUT2D eigenvalue weighted by Crippen LogP contribution is 2.06. The van der Waals surface area contributed by atoms with Gasteiger partial charge in [0, 0.05) is 32.2 Å². The zero-order valence-electron chi connectivity index (χ0n) is 10.5. The molecular formula is C12H20N4O. The monoisotopic (exact) mass is 236 g/mol. The van der Waals surface area contributed by atoms with E-state index in [-0.39, 0.29) is 0 Å². The van der Waals surface area contributed by atoms with Crippen LogP contribution in [0.15, 0.2) is 18.2 Å². The predicted octanol–water partition coefficient (Wildman–Crippen LogP) is 0.342. The van der Waals surface area contributed by atoms with Gasteiger partial charge in [-0.3, -0.25) is 0 Å². The second-order valence-corrected chi connectivity index (χ2v) is 4.30. The van der Waals surface area contributed by atoms with Crippen LogP contribution in [0.1, 0.15) is 5.69 Å². The van der Waals surface area contributed by atoms with E-state index < -0.39 is 0 Å². The van der Waals surface area contributed by atoms with E-state index >= 15 is 0 Å². The summed E-state index contributed by atoms with van der Waals surface area (Å²) in [5.74, 6) is 0.669. The lowest BCUT2D eigenvalue weighted by Crippen LogP contribution is -2.50. The van der Waals surface area contributed by atoms with Gasteiger partial charge in [0.1, 0.15) is 0 Å². The molecule has 0 aliphatic carbocycles. The first-order valence-corrected chi connectivity index (χ1v) is 5.95. The summed E-state index contributed by atoms with van der Waals surface area (Å²) in [5.41, 5.74) is 4.40. The molecule has 0 atom stereocenters. The van der Waals surface area contributed by atoms with Crippen LogP contribution < -0.4 is 10.2 Å². The quantitative estimate of drug-likeness (QED) is 0.816. The summed E-state index contributed by atoms with van der Waals surface area (Å²) >= 11 is 0. The van der Waals surface area contributed by atoms with Crippen LogP contribution in [0.2, 0.25) is 0 Å². The Hall–Kier alpha value is -1.17. The fourth-order valence-corrected chi connectivity index (χ4v) is 1.83. The van der Waals surface area contributed by atoms with E-state index in [1.54, 1.807) is 7.11 Å². The summed E-state index contributed by atoms with van der Waals surface area (Å²) < 4.78 is 5.10. The summed E-state index contributed by atoms with van der Waals surface area (Å²) in [6.45, 7) is 5.08. The smallest absolute Gasteiger partial charge is 0.213 e. The lowest BCUT2D eigenvalue weighted by Gasteiger charge is -2.32. The number of hydrogen-bond acceptors (Lipinski definition) is 5. The third-order valence-corrected chi connectivity index (χ3v) is 2.98. The molecular weight excluding hydrogens is 216 g/mol. The van der Waals surface area contributed by atoms with Gasteiger partial charge in [0.05, 0.1) is 19.3 Å². The van der Waals surface area contributed by atoms with Crippen LogP contribution in [0.25, 0.3) is 0 Å². The molecule has 5 heteroatoms. The normalized spacial score (nSPS) is 18.2. The molecule has 1 aromatic heterocycles. The molecule has 0 saturated carbocycles. The number of likely N-dealkylation sites (N-methyl/N-ethyl adjacent to an activating group) is 1. The van der Waals surface area contributed by atoms with Gasteiger partial charge in [0.2, 0.25) is 5.88 Å². The van der Waals surface area contributed by atoms with E-state index in [0.29, 0.717) is 5.88 Å². The minimum absolute atomic E-state index is 0.669. The number of hydrazine groups is 1. The fourth-order valence-electron chi connectivity index (χ4n) is 1.83. The summed E-state index contributed by atoms with van der Waals surface area (Å²) in [6.07, 6.45) is 0. The Kier molecular flexibility index (Phi) is 4.30. The average Bonchev–Trinajstić information content (AvgIpc) is 2.38. The number of aromatic nitrogens is 1. The maximum atomic E-state index is 5.10. The first-order valence-electron chi connectivity index (χ1n) is 5.95. The molecule has 0 bridgehead atoms. The number of ether oxygens (including phenoxy) is 1. The molecule has 0 radical (unpaired) electrons. The molecule has 17 heavy (non-hydrogen) atoms. The molecule has 2 heterocycles. The number of nitrogens with zero attached hydrogens (tertiary/aromatic N) is 3. The van der Waals surface area contributed by atoms with Crippen molar-refractivity contribution in [1.82, 2.24) is 20.3 Å². The van der Waals surface area contributed by atoms with Crippen molar-refractivity contribution >= 4 is 0 Å². The van der Waals surface area contributed by atoms with Crippen molar-refractivity contribution in [1.29, 1.82) is 0 Å². The van der Waals surface area contributed by atoms with Crippen molar-refractivity contribution in [2.75, 3.05) is 40.3 Å². The molecule has 5 nitrogen and oxygen atoms in total. The summed E-state index contributed by atoms with van der Waals surface area (Å²) in [7, 11) is 3.79. The van der Waals surface area contributed by atoms with E-state index in [0.717, 1.165) is 38.4 Å². The number of methoxy groups -OCH3 is 1. The van der Waals surface area contributed by atoms with E-state index in [9.17, 15) is 0 Å². The molecule has 1 saturated heterocycles. The van der Waals surface area contributed by atoms with Crippen LogP contribution >= 0.6 is 0 Å². The highest BCUT2D eigenvalue weighted by atomic mass is 16.5. The Labute approximate surface area is 102 Å². The lowest BCUT2D eigenvalue weighted by atomic mass is 10.3. The van der Waals surface area contributed by atoms with Crippen molar-refractivity contribution in [3.63, 3.8) is 0 Å². The van der Waals surface area contributed by atoms with E-state index in [1.807, 2.05) is 18.2 Å². The van der Waals surface area contributed by atoms with Crippen LogP contribution in [0.4, 0.5) is 0 Å². The number of nitrogens with one attached hydrogen (secondary N) is 1. The van der Waals surface area contributed by atoms with Crippen LogP contribution in [-0.4, -0.2) is 55.2 Å². The van der Waals surface area contributed by atoms with E-state index in [4.69, 9.17) is 4.74 Å². The number of pyridine rings is 1. The average molecular weight is 236 g/mol. The van der Waals surface area contributed by atoms with Crippen molar-refractivity contribution < 1.29 is 4.74 Å². The highest BCUT2D eigenvalue weighted by molar-refractivity contribution is 5.15. The minimum Gasteiger partial charge on any atom is -0.481 e. The van der Waals surface area contributed by atoms with Crippen LogP contribution in [0, 0.1) is 0 Å². The van der Waals surface area contributed by atoms with Gasteiger partial charge in [0.25, 0.3) is 0 Å². The molecule has 0 spiro atoms. The van der Waals surface area contributed by atoms with Crippen molar-refractivity contribution in [2.45, 2.75) is 6.54 Å². The number of rotatable bonds is 4. The van der Waals surface area contributed by atoms with Gasteiger partial charge >= 0.3 is 0 Å². The molecule has 1 fully saturated rings. The van der Waals surface area contributed by atoms with Crippen LogP contribution in [0.3, 0.4) is 0 Å². The number of piperazine rings is 1. The standard InChI is InChI=1S/C12H20N4O/c1-15-6-8-16(9-7-15)13-10-11-4-3-5-12(14-11)17-2/h3-5,13H,6-10H2,1-2H3. The predicted molar refractivity (Wildman–Crippen MR) is 66.7 cm³/mol. The molecule has 94 valence electrons. The lowest BCUT2D eigenvalue weighted by molar-refractivity contribution is 0.101. The Balaban J connectivity index is 1.81. The van der Waals surface area contributed by atoms with Gasteiger partial charge in [-0.25, -0.2) is 15.4 Å². The van der Waals surface area contributed by atoms with Gasteiger partial charge < -0.3 is 9.64 Å². The summed E-state index contributed by atoms with van der Waals surface area (Å²) in [4.78, 5) is 6.70. The van der Waals surface area contributed by atoms with Gasteiger partial charge in [0.15, 0.2) is 0 Å². The van der Waals surface area contributed by atoms with E-state index in [1.165, 1.54) is 0 Å². The van der Waals surface area contributed by atoms with Gasteiger partial charge in [-0.15, -0.1) is 0 Å². The Morgan fingerprint density at radius 1 is 1.29 bits per heavy atom. The SMILES string of the molecule is COc1cccc(CNN2CCN(C)CC2)n1. The van der Waals surface area contributed by atoms with Crippen LogP contribution in [0.5, 0.6) is 5.88 Å². The molecule has 0 unspecified atom stereocenters. The van der Waals surface area contributed by atoms with Gasteiger partial charge in [-0.2, -0.15) is 0 Å². The molecule has 1 N–H and O–H groups in total. The largest absolute Gasteiger partial charge is 0.481 e. The third kappa shape index (κ3) is 3.66.